The molecule has 2 amide bonds. The van der Waals surface area contributed by atoms with Crippen molar-refractivity contribution in [3.05, 3.63) is 75.8 Å². The molecule has 0 aliphatic carbocycles. The van der Waals surface area contributed by atoms with Crippen molar-refractivity contribution < 1.29 is 29.4 Å². The fraction of sp³-hybridized carbons (Fsp3) is 0.0909. The van der Waals surface area contributed by atoms with Gasteiger partial charge in [-0.2, -0.15) is 0 Å². The summed E-state index contributed by atoms with van der Waals surface area (Å²) in [5.74, 6) is -1.55. The monoisotopic (exact) mass is 478 g/mol. The molecule has 0 fully saturated rings. The van der Waals surface area contributed by atoms with Crippen LogP contribution in [-0.2, 0) is 0 Å². The number of nitrogens with one attached hydrogen (secondary N) is 3. The van der Waals surface area contributed by atoms with Gasteiger partial charge in [-0.3, -0.25) is 19.7 Å². The van der Waals surface area contributed by atoms with Gasteiger partial charge in [0.05, 0.1) is 10.6 Å². The van der Waals surface area contributed by atoms with Gasteiger partial charge in [-0.1, -0.05) is 0 Å². The van der Waals surface area contributed by atoms with Crippen molar-refractivity contribution in [3.8, 4) is 11.5 Å². The maximum Gasteiger partial charge on any atom is 0.300 e. The number of phenolic OH excluding ortho intramolecular Hbond substituents is 2. The SMILES string of the molecule is O=C(NCCNC(=O)c1ccc(O)c(O)c1)c1ccc(Nc2ccc([N+](=O)[O-])c3nonc23)cc1. The molecule has 0 aliphatic heterocycles. The standard InChI is InChI=1S/C22H18N6O7/c29-17-8-3-13(11-18(17)30)22(32)24-10-9-23-21(31)12-1-4-14(5-2-12)25-15-6-7-16(28(33)34)20-19(15)26-35-27-20/h1-8,11,25,29-30H,9-10H2,(H,23,31)(H,24,32). The van der Waals surface area contributed by atoms with E-state index in [0.29, 0.717) is 16.9 Å². The van der Waals surface area contributed by atoms with E-state index in [9.17, 15) is 29.9 Å². The zero-order valence-electron chi connectivity index (χ0n) is 17.9. The summed E-state index contributed by atoms with van der Waals surface area (Å²) in [4.78, 5) is 34.9. The molecule has 4 rings (SSSR count). The van der Waals surface area contributed by atoms with Gasteiger partial charge in [0.25, 0.3) is 11.8 Å². The van der Waals surface area contributed by atoms with E-state index in [1.54, 1.807) is 24.3 Å². The zero-order chi connectivity index (χ0) is 24.9. The van der Waals surface area contributed by atoms with Crippen LogP contribution in [0, 0.1) is 10.1 Å². The van der Waals surface area contributed by atoms with E-state index in [2.05, 4.69) is 30.9 Å². The number of nitro groups is 1. The number of fused-ring (bicyclic) bond motifs is 1. The highest BCUT2D eigenvalue weighted by Gasteiger charge is 2.19. The quantitative estimate of drug-likeness (QED) is 0.109. The highest BCUT2D eigenvalue weighted by Crippen LogP contribution is 2.30. The lowest BCUT2D eigenvalue weighted by atomic mass is 10.1. The Morgan fingerprint density at radius 1 is 0.857 bits per heavy atom. The third-order valence-electron chi connectivity index (χ3n) is 4.95. The molecule has 4 aromatic rings. The number of carbonyl (C=O) groups excluding carboxylic acids is 2. The van der Waals surface area contributed by atoms with E-state index in [4.69, 9.17) is 0 Å². The van der Waals surface area contributed by atoms with E-state index in [1.165, 1.54) is 24.3 Å². The van der Waals surface area contributed by atoms with E-state index in [-0.39, 0.29) is 47.0 Å². The summed E-state index contributed by atoms with van der Waals surface area (Å²) in [6, 6.07) is 12.9. The normalized spacial score (nSPS) is 10.6. The summed E-state index contributed by atoms with van der Waals surface area (Å²) in [7, 11) is 0. The van der Waals surface area contributed by atoms with Crippen molar-refractivity contribution in [2.75, 3.05) is 18.4 Å². The van der Waals surface area contributed by atoms with E-state index in [1.807, 2.05) is 0 Å². The Morgan fingerprint density at radius 2 is 1.49 bits per heavy atom. The van der Waals surface area contributed by atoms with Gasteiger partial charge in [-0.05, 0) is 58.8 Å². The van der Waals surface area contributed by atoms with Gasteiger partial charge in [0.1, 0.15) is 0 Å². The minimum Gasteiger partial charge on any atom is -0.504 e. The smallest absolute Gasteiger partial charge is 0.300 e. The molecule has 1 heterocycles. The summed E-state index contributed by atoms with van der Waals surface area (Å²) in [5, 5.41) is 45.5. The number of phenols is 2. The van der Waals surface area contributed by atoms with Crippen molar-refractivity contribution in [2.45, 2.75) is 0 Å². The second kappa shape index (κ2) is 9.74. The van der Waals surface area contributed by atoms with Crippen molar-refractivity contribution in [2.24, 2.45) is 0 Å². The average Bonchev–Trinajstić information content (AvgIpc) is 3.34. The van der Waals surface area contributed by atoms with Crippen LogP contribution in [0.25, 0.3) is 11.0 Å². The number of nitrogens with zero attached hydrogens (tertiary/aromatic N) is 3. The number of aromatic nitrogens is 2. The summed E-state index contributed by atoms with van der Waals surface area (Å²) in [5.41, 5.74) is 1.58. The highest BCUT2D eigenvalue weighted by molar-refractivity contribution is 5.97. The molecule has 0 radical (unpaired) electrons. The Morgan fingerprint density at radius 3 is 2.14 bits per heavy atom. The molecule has 13 nitrogen and oxygen atoms in total. The summed E-state index contributed by atoms with van der Waals surface area (Å²) in [6.07, 6.45) is 0. The molecule has 0 saturated carbocycles. The maximum absolute atomic E-state index is 12.4. The molecule has 0 atom stereocenters. The number of nitro benzene ring substituents is 1. The van der Waals surface area contributed by atoms with E-state index in [0.717, 1.165) is 6.07 Å². The fourth-order valence-electron chi connectivity index (χ4n) is 3.18. The number of rotatable bonds is 8. The second-order valence-corrected chi connectivity index (χ2v) is 7.27. The van der Waals surface area contributed by atoms with Gasteiger partial charge in [0, 0.05) is 36.0 Å². The first kappa shape index (κ1) is 23.0. The molecule has 35 heavy (non-hydrogen) atoms. The van der Waals surface area contributed by atoms with Crippen LogP contribution < -0.4 is 16.0 Å². The van der Waals surface area contributed by atoms with Gasteiger partial charge in [0.15, 0.2) is 17.0 Å². The van der Waals surface area contributed by atoms with Gasteiger partial charge >= 0.3 is 5.69 Å². The number of amides is 2. The van der Waals surface area contributed by atoms with Crippen LogP contribution in [0.3, 0.4) is 0 Å². The van der Waals surface area contributed by atoms with Crippen LogP contribution in [0.4, 0.5) is 17.1 Å². The molecule has 0 bridgehead atoms. The Balaban J connectivity index is 1.30. The molecule has 5 N–H and O–H groups in total. The summed E-state index contributed by atoms with van der Waals surface area (Å²) < 4.78 is 4.64. The molecule has 0 aliphatic rings. The van der Waals surface area contributed by atoms with Crippen molar-refractivity contribution in [3.63, 3.8) is 0 Å². The zero-order valence-corrected chi connectivity index (χ0v) is 17.9. The van der Waals surface area contributed by atoms with Crippen LogP contribution >= 0.6 is 0 Å². The number of hydrogen-bond donors (Lipinski definition) is 5. The lowest BCUT2D eigenvalue weighted by Crippen LogP contribution is -2.34. The van der Waals surface area contributed by atoms with E-state index >= 15 is 0 Å². The largest absolute Gasteiger partial charge is 0.504 e. The first-order valence-electron chi connectivity index (χ1n) is 10.2. The molecular weight excluding hydrogens is 460 g/mol. The van der Waals surface area contributed by atoms with Gasteiger partial charge < -0.3 is 26.2 Å². The Labute approximate surface area is 196 Å². The molecule has 1 aromatic heterocycles. The number of non-ortho nitro benzene ring substituents is 1. The molecule has 0 saturated heterocycles. The van der Waals surface area contributed by atoms with Crippen molar-refractivity contribution in [1.29, 1.82) is 0 Å². The summed E-state index contributed by atoms with van der Waals surface area (Å²) >= 11 is 0. The lowest BCUT2D eigenvalue weighted by Gasteiger charge is -2.09. The molecule has 178 valence electrons. The van der Waals surface area contributed by atoms with Crippen LogP contribution in [0.15, 0.2) is 59.2 Å². The number of aromatic hydroxyl groups is 2. The Kier molecular flexibility index (Phi) is 6.39. The lowest BCUT2D eigenvalue weighted by molar-refractivity contribution is -0.383. The van der Waals surface area contributed by atoms with Gasteiger partial charge in [-0.25, -0.2) is 4.63 Å². The number of hydrogen-bond acceptors (Lipinski definition) is 10. The number of anilines is 2. The Hall–Kier alpha value is -5.20. The Bertz CT molecular complexity index is 1420. The van der Waals surface area contributed by atoms with Crippen LogP contribution in [0.1, 0.15) is 20.7 Å². The predicted octanol–water partition coefficient (Wildman–Crippen LogP) is 2.45. The molecule has 13 heteroatoms. The number of benzene rings is 3. The molecule has 0 spiro atoms. The molecular formula is C22H18N6O7. The van der Waals surface area contributed by atoms with Crippen molar-refractivity contribution in [1.82, 2.24) is 20.9 Å². The highest BCUT2D eigenvalue weighted by atomic mass is 16.6. The van der Waals surface area contributed by atoms with Crippen LogP contribution in [0.5, 0.6) is 11.5 Å². The predicted molar refractivity (Wildman–Crippen MR) is 123 cm³/mol. The minimum atomic E-state index is -0.576. The topological polar surface area (TPSA) is 193 Å². The number of carbonyl (C=O) groups is 2. The molecule has 3 aromatic carbocycles. The fourth-order valence-corrected chi connectivity index (χ4v) is 3.18. The third kappa shape index (κ3) is 5.08. The average molecular weight is 478 g/mol. The summed E-state index contributed by atoms with van der Waals surface area (Å²) in [6.45, 7) is 0.308. The minimum absolute atomic E-state index is 0.0188. The van der Waals surface area contributed by atoms with Crippen LogP contribution in [-0.4, -0.2) is 50.4 Å². The molecule has 0 unspecified atom stereocenters. The first-order valence-corrected chi connectivity index (χ1v) is 10.2. The van der Waals surface area contributed by atoms with E-state index < -0.39 is 16.6 Å². The van der Waals surface area contributed by atoms with Crippen molar-refractivity contribution >= 4 is 39.9 Å². The second-order valence-electron chi connectivity index (χ2n) is 7.27. The van der Waals surface area contributed by atoms with Gasteiger partial charge in [0.2, 0.25) is 5.52 Å². The van der Waals surface area contributed by atoms with Gasteiger partial charge in [-0.15, -0.1) is 0 Å². The van der Waals surface area contributed by atoms with Crippen LogP contribution in [0.2, 0.25) is 0 Å². The third-order valence-corrected chi connectivity index (χ3v) is 4.95. The first-order chi connectivity index (χ1) is 16.8. The maximum atomic E-state index is 12.4.